The third-order valence-corrected chi connectivity index (χ3v) is 7.58. The van der Waals surface area contributed by atoms with Gasteiger partial charge in [0.1, 0.15) is 5.82 Å². The number of hydrogen-bond acceptors (Lipinski definition) is 5. The highest BCUT2D eigenvalue weighted by Gasteiger charge is 2.35. The molecule has 174 valence electrons. The number of carbonyl (C=O) groups excluding carboxylic acids is 1. The monoisotopic (exact) mass is 464 g/mol. The van der Waals surface area contributed by atoms with Crippen molar-refractivity contribution >= 4 is 15.9 Å². The molecule has 7 nitrogen and oxygen atoms in total. The molecule has 0 aliphatic carbocycles. The van der Waals surface area contributed by atoms with E-state index in [1.165, 1.54) is 16.4 Å². The Morgan fingerprint density at radius 2 is 1.81 bits per heavy atom. The van der Waals surface area contributed by atoms with E-state index in [1.54, 1.807) is 25.2 Å². The molecule has 0 bridgehead atoms. The van der Waals surface area contributed by atoms with Gasteiger partial charge in [0.05, 0.1) is 25.0 Å². The van der Waals surface area contributed by atoms with E-state index >= 15 is 0 Å². The molecule has 1 aliphatic rings. The maximum Gasteiger partial charge on any atom is 0.243 e. The van der Waals surface area contributed by atoms with Crippen molar-refractivity contribution in [3.05, 3.63) is 53.8 Å². The molecule has 0 aromatic heterocycles. The Kier molecular flexibility index (Phi) is 7.73. The van der Waals surface area contributed by atoms with Crippen LogP contribution < -0.4 is 9.47 Å². The van der Waals surface area contributed by atoms with Crippen molar-refractivity contribution in [1.82, 2.24) is 9.21 Å². The van der Waals surface area contributed by atoms with E-state index in [4.69, 9.17) is 9.47 Å². The Balaban J connectivity index is 1.73. The molecule has 3 rings (SSSR count). The van der Waals surface area contributed by atoms with Gasteiger partial charge in [-0.05, 0) is 61.7 Å². The van der Waals surface area contributed by atoms with Crippen LogP contribution in [-0.4, -0.2) is 57.4 Å². The van der Waals surface area contributed by atoms with Crippen molar-refractivity contribution < 1.29 is 27.1 Å². The molecular weight excluding hydrogens is 435 g/mol. The first-order chi connectivity index (χ1) is 15.3. The molecule has 0 radical (unpaired) electrons. The lowest BCUT2D eigenvalue weighted by Crippen LogP contribution is -2.46. The Hall–Kier alpha value is -2.65. The van der Waals surface area contributed by atoms with Crippen molar-refractivity contribution in [2.45, 2.75) is 31.2 Å². The maximum atomic E-state index is 13.3. The maximum absolute atomic E-state index is 13.3. The van der Waals surface area contributed by atoms with Crippen molar-refractivity contribution in [2.75, 3.05) is 33.9 Å². The summed E-state index contributed by atoms with van der Waals surface area (Å²) in [6, 6.07) is 10.3. The second-order valence-corrected chi connectivity index (χ2v) is 9.64. The topological polar surface area (TPSA) is 76.2 Å². The molecular formula is C23H29FN2O5S. The SMILES string of the molecule is CCN(Cc1ccc(OC)c(OC)c1)C(=O)[C@@H]1CCCN(S(=O)(=O)c2ccc(F)cc2)C1. The summed E-state index contributed by atoms with van der Waals surface area (Å²) in [7, 11) is -0.666. The number of sulfonamides is 1. The largest absolute Gasteiger partial charge is 0.493 e. The van der Waals surface area contributed by atoms with Crippen LogP contribution in [0.15, 0.2) is 47.4 Å². The van der Waals surface area contributed by atoms with E-state index < -0.39 is 21.8 Å². The number of halogens is 1. The van der Waals surface area contributed by atoms with Crippen LogP contribution in [0.1, 0.15) is 25.3 Å². The quantitative estimate of drug-likeness (QED) is 0.599. The van der Waals surface area contributed by atoms with E-state index in [9.17, 15) is 17.6 Å². The van der Waals surface area contributed by atoms with Crippen molar-refractivity contribution in [3.8, 4) is 11.5 Å². The number of rotatable bonds is 8. The average molecular weight is 465 g/mol. The Morgan fingerprint density at radius 1 is 1.12 bits per heavy atom. The molecule has 9 heteroatoms. The number of ether oxygens (including phenoxy) is 2. The predicted octanol–water partition coefficient (Wildman–Crippen LogP) is 3.29. The lowest BCUT2D eigenvalue weighted by molar-refractivity contribution is -0.137. The predicted molar refractivity (Wildman–Crippen MR) is 119 cm³/mol. The van der Waals surface area contributed by atoms with Crippen molar-refractivity contribution in [3.63, 3.8) is 0 Å². The number of methoxy groups -OCH3 is 2. The highest BCUT2D eigenvalue weighted by Crippen LogP contribution is 2.29. The van der Waals surface area contributed by atoms with Gasteiger partial charge in [-0.25, -0.2) is 12.8 Å². The summed E-state index contributed by atoms with van der Waals surface area (Å²) in [5.74, 6) is 0.187. The molecule has 0 unspecified atom stereocenters. The van der Waals surface area contributed by atoms with Crippen LogP contribution >= 0.6 is 0 Å². The molecule has 2 aromatic rings. The van der Waals surface area contributed by atoms with Crippen LogP contribution in [0.3, 0.4) is 0 Å². The zero-order chi connectivity index (χ0) is 23.3. The third kappa shape index (κ3) is 5.21. The number of nitrogens with zero attached hydrogens (tertiary/aromatic N) is 2. The second kappa shape index (κ2) is 10.3. The Bertz CT molecular complexity index is 1040. The van der Waals surface area contributed by atoms with E-state index in [2.05, 4.69) is 0 Å². The minimum atomic E-state index is -3.79. The average Bonchev–Trinajstić information content (AvgIpc) is 2.82. The number of piperidine rings is 1. The molecule has 0 spiro atoms. The third-order valence-electron chi connectivity index (χ3n) is 5.70. The molecule has 0 N–H and O–H groups in total. The number of carbonyl (C=O) groups is 1. The second-order valence-electron chi connectivity index (χ2n) is 7.70. The van der Waals surface area contributed by atoms with Gasteiger partial charge in [0, 0.05) is 26.2 Å². The van der Waals surface area contributed by atoms with Gasteiger partial charge in [-0.3, -0.25) is 4.79 Å². The standard InChI is InChI=1S/C23H29FN2O5S/c1-4-25(15-17-7-12-21(30-2)22(14-17)31-3)23(27)18-6-5-13-26(16-18)32(28,29)20-10-8-19(24)9-11-20/h7-12,14,18H,4-6,13,15-16H2,1-3H3/t18-/m1/s1. The van der Waals surface area contributed by atoms with Gasteiger partial charge in [-0.1, -0.05) is 6.07 Å². The van der Waals surface area contributed by atoms with Crippen LogP contribution in [-0.2, 0) is 21.4 Å². The highest BCUT2D eigenvalue weighted by molar-refractivity contribution is 7.89. The van der Waals surface area contributed by atoms with E-state index in [0.717, 1.165) is 17.7 Å². The Morgan fingerprint density at radius 3 is 2.44 bits per heavy atom. The van der Waals surface area contributed by atoms with Gasteiger partial charge in [-0.2, -0.15) is 4.31 Å². The minimum absolute atomic E-state index is 0.0321. The van der Waals surface area contributed by atoms with Crippen LogP contribution in [0.25, 0.3) is 0 Å². The van der Waals surface area contributed by atoms with Gasteiger partial charge < -0.3 is 14.4 Å². The first-order valence-corrected chi connectivity index (χ1v) is 12.0. The molecule has 1 heterocycles. The molecule has 1 saturated heterocycles. The fourth-order valence-electron chi connectivity index (χ4n) is 3.92. The molecule has 0 saturated carbocycles. The van der Waals surface area contributed by atoms with Crippen molar-refractivity contribution in [1.29, 1.82) is 0 Å². The summed E-state index contributed by atoms with van der Waals surface area (Å²) in [6.45, 7) is 3.23. The smallest absolute Gasteiger partial charge is 0.243 e. The van der Waals surface area contributed by atoms with Gasteiger partial charge in [-0.15, -0.1) is 0 Å². The summed E-state index contributed by atoms with van der Waals surface area (Å²) in [6.07, 6.45) is 1.21. The van der Waals surface area contributed by atoms with Gasteiger partial charge in [0.2, 0.25) is 15.9 Å². The minimum Gasteiger partial charge on any atom is -0.493 e. The lowest BCUT2D eigenvalue weighted by Gasteiger charge is -2.34. The molecule has 32 heavy (non-hydrogen) atoms. The van der Waals surface area contributed by atoms with E-state index in [1.807, 2.05) is 19.1 Å². The summed E-state index contributed by atoms with van der Waals surface area (Å²) in [4.78, 5) is 15.0. The fraction of sp³-hybridized carbons (Fsp3) is 0.435. The first-order valence-electron chi connectivity index (χ1n) is 10.6. The van der Waals surface area contributed by atoms with Crippen molar-refractivity contribution in [2.24, 2.45) is 5.92 Å². The fourth-order valence-corrected chi connectivity index (χ4v) is 5.44. The first kappa shape index (κ1) is 24.0. The van der Waals surface area contributed by atoms with Crippen LogP contribution in [0.2, 0.25) is 0 Å². The summed E-state index contributed by atoms with van der Waals surface area (Å²) < 4.78 is 51.1. The zero-order valence-corrected chi connectivity index (χ0v) is 19.4. The number of amides is 1. The summed E-state index contributed by atoms with van der Waals surface area (Å²) >= 11 is 0. The highest BCUT2D eigenvalue weighted by atomic mass is 32.2. The Labute approximate surface area is 188 Å². The van der Waals surface area contributed by atoms with Gasteiger partial charge in [0.25, 0.3) is 0 Å². The van der Waals surface area contributed by atoms with E-state index in [-0.39, 0.29) is 17.3 Å². The molecule has 1 aliphatic heterocycles. The molecule has 1 atom stereocenters. The molecule has 1 amide bonds. The lowest BCUT2D eigenvalue weighted by atomic mass is 9.97. The van der Waals surface area contributed by atoms with E-state index in [0.29, 0.717) is 44.0 Å². The zero-order valence-electron chi connectivity index (χ0n) is 18.6. The van der Waals surface area contributed by atoms with Gasteiger partial charge >= 0.3 is 0 Å². The molecule has 2 aromatic carbocycles. The van der Waals surface area contributed by atoms with Crippen LogP contribution in [0.4, 0.5) is 4.39 Å². The summed E-state index contributed by atoms with van der Waals surface area (Å²) in [5, 5.41) is 0. The number of hydrogen-bond donors (Lipinski definition) is 0. The van der Waals surface area contributed by atoms with Crippen LogP contribution in [0.5, 0.6) is 11.5 Å². The normalized spacial score (nSPS) is 17.1. The van der Waals surface area contributed by atoms with Gasteiger partial charge in [0.15, 0.2) is 11.5 Å². The van der Waals surface area contributed by atoms with Crippen LogP contribution in [0, 0.1) is 11.7 Å². The molecule has 1 fully saturated rings. The summed E-state index contributed by atoms with van der Waals surface area (Å²) in [5.41, 5.74) is 0.893. The number of benzene rings is 2.